The van der Waals surface area contributed by atoms with Gasteiger partial charge in [-0.3, -0.25) is 4.90 Å². The van der Waals surface area contributed by atoms with E-state index < -0.39 is 0 Å². The number of ether oxygens (including phenoxy) is 1. The Labute approximate surface area is 157 Å². The first-order valence-corrected chi connectivity index (χ1v) is 9.97. The Morgan fingerprint density at radius 3 is 2.58 bits per heavy atom. The molecule has 144 valence electrons. The topological polar surface area (TPSA) is 44.8 Å². The maximum atomic E-state index is 12.0. The van der Waals surface area contributed by atoms with Crippen LogP contribution in [-0.2, 0) is 10.3 Å². The van der Waals surface area contributed by atoms with Crippen molar-refractivity contribution in [3.05, 3.63) is 35.9 Å². The molecule has 2 fully saturated rings. The number of likely N-dealkylation sites (tertiary alicyclic amines) is 1. The van der Waals surface area contributed by atoms with Crippen LogP contribution in [0.15, 0.2) is 30.3 Å². The van der Waals surface area contributed by atoms with Crippen LogP contribution in [0.2, 0.25) is 0 Å². The maximum absolute atomic E-state index is 12.0. The number of carbonyl (C=O) groups is 1. The van der Waals surface area contributed by atoms with E-state index in [4.69, 9.17) is 4.74 Å². The van der Waals surface area contributed by atoms with Gasteiger partial charge in [0.1, 0.15) is 0 Å². The smallest absolute Gasteiger partial charge is 0.409 e. The van der Waals surface area contributed by atoms with E-state index in [1.807, 2.05) is 14.0 Å². The van der Waals surface area contributed by atoms with Crippen molar-refractivity contribution >= 4 is 6.09 Å². The Balaban J connectivity index is 1.56. The molecule has 2 aliphatic rings. The van der Waals surface area contributed by atoms with Crippen molar-refractivity contribution in [2.24, 2.45) is 0 Å². The minimum Gasteiger partial charge on any atom is -0.450 e. The third-order valence-electron chi connectivity index (χ3n) is 6.43. The second-order valence-electron chi connectivity index (χ2n) is 7.68. The van der Waals surface area contributed by atoms with E-state index in [2.05, 4.69) is 47.6 Å². The lowest BCUT2D eigenvalue weighted by molar-refractivity contribution is 0.0954. The molecule has 1 aliphatic heterocycles. The fraction of sp³-hybridized carbons (Fsp3) is 0.667. The minimum atomic E-state index is -0.193. The average Bonchev–Trinajstić information content (AvgIpc) is 3.18. The summed E-state index contributed by atoms with van der Waals surface area (Å²) in [5, 5.41) is 3.61. The number of nitrogens with one attached hydrogen (secondary N) is 1. The molecule has 1 N–H and O–H groups in total. The highest BCUT2D eigenvalue weighted by atomic mass is 16.6. The molecule has 0 radical (unpaired) electrons. The Kier molecular flexibility index (Phi) is 6.20. The highest BCUT2D eigenvalue weighted by Crippen LogP contribution is 2.39. The number of likely N-dealkylation sites (N-methyl/N-ethyl adjacent to an activating group) is 1. The molecule has 5 nitrogen and oxygen atoms in total. The van der Waals surface area contributed by atoms with Gasteiger partial charge in [-0.2, -0.15) is 0 Å². The summed E-state index contributed by atoms with van der Waals surface area (Å²) in [4.78, 5) is 16.3. The first-order valence-electron chi connectivity index (χ1n) is 9.97. The quantitative estimate of drug-likeness (QED) is 0.877. The van der Waals surface area contributed by atoms with Crippen molar-refractivity contribution in [3.63, 3.8) is 0 Å². The second kappa shape index (κ2) is 8.40. The van der Waals surface area contributed by atoms with Crippen LogP contribution in [-0.4, -0.2) is 61.8 Å². The summed E-state index contributed by atoms with van der Waals surface area (Å²) in [6.07, 6.45) is 5.57. The number of nitrogens with zero attached hydrogens (tertiary/aromatic N) is 2. The third kappa shape index (κ3) is 3.89. The zero-order chi connectivity index (χ0) is 18.6. The predicted octanol–water partition coefficient (Wildman–Crippen LogP) is 3.21. The van der Waals surface area contributed by atoms with Crippen molar-refractivity contribution in [3.8, 4) is 0 Å². The van der Waals surface area contributed by atoms with Crippen LogP contribution in [0.5, 0.6) is 0 Å². The molecule has 5 heteroatoms. The summed E-state index contributed by atoms with van der Waals surface area (Å²) in [7, 11) is 3.96. The number of rotatable bonds is 5. The second-order valence-corrected chi connectivity index (χ2v) is 7.68. The summed E-state index contributed by atoms with van der Waals surface area (Å²) in [5.41, 5.74) is 1.51. The molecule has 0 spiro atoms. The van der Waals surface area contributed by atoms with Gasteiger partial charge in [0.05, 0.1) is 6.61 Å². The van der Waals surface area contributed by atoms with Gasteiger partial charge in [0.15, 0.2) is 0 Å². The van der Waals surface area contributed by atoms with Crippen LogP contribution in [0.4, 0.5) is 4.79 Å². The summed E-state index contributed by atoms with van der Waals surface area (Å²) in [5.74, 6) is 0. The van der Waals surface area contributed by atoms with Crippen molar-refractivity contribution in [1.82, 2.24) is 15.1 Å². The number of hydrogen-bond acceptors (Lipinski definition) is 4. The number of carbonyl (C=O) groups excluding carboxylic acids is 1. The van der Waals surface area contributed by atoms with E-state index in [9.17, 15) is 4.79 Å². The Hall–Kier alpha value is -1.59. The van der Waals surface area contributed by atoms with Crippen LogP contribution >= 0.6 is 0 Å². The maximum Gasteiger partial charge on any atom is 0.409 e. The first kappa shape index (κ1) is 19.2. The van der Waals surface area contributed by atoms with E-state index >= 15 is 0 Å². The van der Waals surface area contributed by atoms with Gasteiger partial charge in [-0.05, 0) is 51.6 Å². The molecule has 1 amide bonds. The molecule has 3 rings (SSSR count). The molecule has 26 heavy (non-hydrogen) atoms. The van der Waals surface area contributed by atoms with Gasteiger partial charge >= 0.3 is 6.09 Å². The van der Waals surface area contributed by atoms with Gasteiger partial charge in [0.2, 0.25) is 0 Å². The molecule has 0 unspecified atom stereocenters. The number of hydrogen-bond donors (Lipinski definition) is 1. The van der Waals surface area contributed by atoms with E-state index in [1.165, 1.54) is 18.4 Å². The Morgan fingerprint density at radius 2 is 1.96 bits per heavy atom. The van der Waals surface area contributed by atoms with E-state index in [1.54, 1.807) is 4.90 Å². The van der Waals surface area contributed by atoms with Crippen LogP contribution in [0.1, 0.15) is 44.6 Å². The zero-order valence-corrected chi connectivity index (χ0v) is 16.4. The monoisotopic (exact) mass is 359 g/mol. The Bertz CT molecular complexity index is 584. The fourth-order valence-corrected chi connectivity index (χ4v) is 4.69. The van der Waals surface area contributed by atoms with E-state index in [0.29, 0.717) is 12.6 Å². The zero-order valence-electron chi connectivity index (χ0n) is 16.4. The van der Waals surface area contributed by atoms with Crippen LogP contribution in [0.25, 0.3) is 0 Å². The molecular weight excluding hydrogens is 326 g/mol. The van der Waals surface area contributed by atoms with Gasteiger partial charge < -0.3 is 15.0 Å². The van der Waals surface area contributed by atoms with Gasteiger partial charge in [0, 0.05) is 37.8 Å². The first-order chi connectivity index (χ1) is 12.6. The van der Waals surface area contributed by atoms with Gasteiger partial charge in [-0.15, -0.1) is 0 Å². The molecule has 1 aromatic carbocycles. The normalized spacial score (nSPS) is 29.5. The standard InChI is InChI=1S/C21H33N3O2/c1-4-26-20(25)23(3)19-12-15-24(16-19)18-10-13-21(22-2,14-11-18)17-8-6-5-7-9-17/h5-9,18-19,22H,4,10-16H2,1-3H3/t18?,19-,21?/m0/s1. The van der Waals surface area contributed by atoms with Crippen LogP contribution < -0.4 is 5.32 Å². The van der Waals surface area contributed by atoms with Crippen LogP contribution in [0, 0.1) is 0 Å². The molecule has 0 bridgehead atoms. The minimum absolute atomic E-state index is 0.110. The van der Waals surface area contributed by atoms with Gasteiger partial charge in [0.25, 0.3) is 0 Å². The summed E-state index contributed by atoms with van der Waals surface area (Å²) in [6, 6.07) is 11.8. The molecule has 0 aromatic heterocycles. The molecular formula is C21H33N3O2. The molecule has 1 aliphatic carbocycles. The SMILES string of the molecule is CCOC(=O)N(C)[C@H]1CCN(C2CCC(NC)(c3ccccc3)CC2)C1. The van der Waals surface area contributed by atoms with Gasteiger partial charge in [-0.1, -0.05) is 30.3 Å². The van der Waals surface area contributed by atoms with E-state index in [-0.39, 0.29) is 17.7 Å². The number of benzene rings is 1. The number of amides is 1. The largest absolute Gasteiger partial charge is 0.450 e. The summed E-state index contributed by atoms with van der Waals surface area (Å²) < 4.78 is 5.15. The molecule has 1 saturated heterocycles. The van der Waals surface area contributed by atoms with Gasteiger partial charge in [-0.25, -0.2) is 4.79 Å². The fourth-order valence-electron chi connectivity index (χ4n) is 4.69. The molecule has 1 heterocycles. The predicted molar refractivity (Wildman–Crippen MR) is 104 cm³/mol. The highest BCUT2D eigenvalue weighted by Gasteiger charge is 2.39. The lowest BCUT2D eigenvalue weighted by Gasteiger charge is -2.43. The van der Waals surface area contributed by atoms with E-state index in [0.717, 1.165) is 32.4 Å². The van der Waals surface area contributed by atoms with Crippen LogP contribution in [0.3, 0.4) is 0 Å². The molecule has 1 atom stereocenters. The van der Waals surface area contributed by atoms with Crippen molar-refractivity contribution in [2.45, 2.75) is 56.7 Å². The average molecular weight is 360 g/mol. The third-order valence-corrected chi connectivity index (χ3v) is 6.43. The van der Waals surface area contributed by atoms with Crippen molar-refractivity contribution < 1.29 is 9.53 Å². The van der Waals surface area contributed by atoms with Crippen molar-refractivity contribution in [1.29, 1.82) is 0 Å². The lowest BCUT2D eigenvalue weighted by atomic mass is 9.74. The highest BCUT2D eigenvalue weighted by molar-refractivity contribution is 5.67. The summed E-state index contributed by atoms with van der Waals surface area (Å²) in [6.45, 7) is 4.35. The molecule has 1 aromatic rings. The lowest BCUT2D eigenvalue weighted by Crippen LogP contribution is -2.48. The Morgan fingerprint density at radius 1 is 1.27 bits per heavy atom. The molecule has 1 saturated carbocycles. The summed E-state index contributed by atoms with van der Waals surface area (Å²) >= 11 is 0. The van der Waals surface area contributed by atoms with Crippen molar-refractivity contribution in [2.75, 3.05) is 33.8 Å².